The molecule has 8 heteroatoms. The second-order valence-corrected chi connectivity index (χ2v) is 4.37. The molecule has 1 rings (SSSR count). The number of carbonyl (C=O) groups is 1. The lowest BCUT2D eigenvalue weighted by molar-refractivity contribution is -0.138. The summed E-state index contributed by atoms with van der Waals surface area (Å²) in [5.41, 5.74) is 4.66. The first-order valence-electron chi connectivity index (χ1n) is 4.26. The Hall–Kier alpha value is -0.790. The largest absolute Gasteiger partial charge is 0.480 e. The number of benzene rings is 1. The van der Waals surface area contributed by atoms with Crippen molar-refractivity contribution in [1.29, 1.82) is 0 Å². The minimum atomic E-state index is -1.57. The number of carboxylic acid groups (broad SMARTS) is 1. The number of aliphatic carboxylic acids is 1. The Kier molecular flexibility index (Phi) is 4.40. The topological polar surface area (TPSA) is 63.3 Å². The van der Waals surface area contributed by atoms with Gasteiger partial charge in [-0.05, 0) is 15.9 Å². The number of rotatable bonds is 3. The Balaban J connectivity index is 3.30. The van der Waals surface area contributed by atoms with Crippen LogP contribution in [0.15, 0.2) is 4.47 Å². The summed E-state index contributed by atoms with van der Waals surface area (Å²) in [5, 5.41) is 7.54. The normalized spacial score (nSPS) is 12.6. The van der Waals surface area contributed by atoms with Crippen molar-refractivity contribution < 1.29 is 23.1 Å². The van der Waals surface area contributed by atoms with E-state index in [1.54, 1.807) is 0 Å². The van der Waals surface area contributed by atoms with E-state index in [0.29, 0.717) is 0 Å². The van der Waals surface area contributed by atoms with E-state index >= 15 is 0 Å². The summed E-state index contributed by atoms with van der Waals surface area (Å²) in [6.45, 7) is 0. The third-order valence-electron chi connectivity index (χ3n) is 2.04. The van der Waals surface area contributed by atoms with Gasteiger partial charge in [-0.2, -0.15) is 0 Å². The Morgan fingerprint density at radius 3 is 2.35 bits per heavy atom. The average Bonchev–Trinajstić information content (AvgIpc) is 2.29. The fourth-order valence-electron chi connectivity index (χ4n) is 1.14. The van der Waals surface area contributed by atoms with Crippen LogP contribution in [-0.4, -0.2) is 17.1 Å². The number of hydrogen-bond acceptors (Lipinski definition) is 2. The van der Waals surface area contributed by atoms with Crippen molar-refractivity contribution in [1.82, 2.24) is 0 Å². The molecule has 1 unspecified atom stereocenters. The number of hydrogen-bond donors (Lipinski definition) is 2. The number of carboxylic acids is 1. The van der Waals surface area contributed by atoms with E-state index in [2.05, 4.69) is 15.9 Å². The lowest BCUT2D eigenvalue weighted by Gasteiger charge is -2.12. The van der Waals surface area contributed by atoms with Crippen LogP contribution in [0.2, 0.25) is 5.02 Å². The molecule has 0 radical (unpaired) electrons. The van der Waals surface area contributed by atoms with E-state index in [4.69, 9.17) is 22.4 Å². The molecule has 3 N–H and O–H groups in total. The summed E-state index contributed by atoms with van der Waals surface area (Å²) in [7, 11) is 0. The lowest BCUT2D eigenvalue weighted by atomic mass is 10.1. The fourth-order valence-corrected chi connectivity index (χ4v) is 1.96. The maximum atomic E-state index is 13.4. The summed E-state index contributed by atoms with van der Waals surface area (Å²) in [5.74, 6) is -5.59. The quantitative estimate of drug-likeness (QED) is 0.660. The summed E-state index contributed by atoms with van der Waals surface area (Å²) < 4.78 is 39.4. The fraction of sp³-hybridized carbons (Fsp3) is 0.222. The van der Waals surface area contributed by atoms with Gasteiger partial charge in [-0.1, -0.05) is 11.6 Å². The maximum Gasteiger partial charge on any atom is 0.320 e. The Labute approximate surface area is 107 Å². The molecule has 1 atom stereocenters. The Morgan fingerprint density at radius 1 is 1.35 bits per heavy atom. The molecule has 94 valence electrons. The molecule has 3 nitrogen and oxygen atoms in total. The third-order valence-corrected chi connectivity index (χ3v) is 3.20. The highest BCUT2D eigenvalue weighted by Gasteiger charge is 2.25. The molecule has 0 bridgehead atoms. The van der Waals surface area contributed by atoms with Crippen LogP contribution in [-0.2, 0) is 11.2 Å². The Morgan fingerprint density at radius 2 is 1.88 bits per heavy atom. The third kappa shape index (κ3) is 2.72. The van der Waals surface area contributed by atoms with Crippen LogP contribution < -0.4 is 5.73 Å². The molecule has 0 spiro atoms. The van der Waals surface area contributed by atoms with E-state index in [9.17, 15) is 18.0 Å². The van der Waals surface area contributed by atoms with E-state index in [1.165, 1.54) is 0 Å². The van der Waals surface area contributed by atoms with Crippen LogP contribution in [0.3, 0.4) is 0 Å². The molecule has 1 aromatic rings. The van der Waals surface area contributed by atoms with Crippen LogP contribution in [0.1, 0.15) is 5.56 Å². The standard InChI is InChI=1S/C9H6BrClF3NO2/c10-4-2(1-3(15)9(16)17)6(12)8(14)5(11)7(4)13/h3H,1,15H2,(H,16,17). The van der Waals surface area contributed by atoms with Crippen LogP contribution >= 0.6 is 27.5 Å². The lowest BCUT2D eigenvalue weighted by Crippen LogP contribution is -2.33. The second kappa shape index (κ2) is 5.24. The van der Waals surface area contributed by atoms with Gasteiger partial charge < -0.3 is 10.8 Å². The minimum absolute atomic E-state index is 0.432. The van der Waals surface area contributed by atoms with E-state index in [-0.39, 0.29) is 0 Å². The van der Waals surface area contributed by atoms with Gasteiger partial charge in [0.1, 0.15) is 11.1 Å². The zero-order chi connectivity index (χ0) is 13.3. The van der Waals surface area contributed by atoms with Gasteiger partial charge in [-0.15, -0.1) is 0 Å². The summed E-state index contributed by atoms with van der Waals surface area (Å²) in [6.07, 6.45) is -0.563. The van der Waals surface area contributed by atoms with E-state index < -0.39 is 50.9 Å². The van der Waals surface area contributed by atoms with Crippen molar-refractivity contribution in [3.05, 3.63) is 32.5 Å². The average molecular weight is 333 g/mol. The van der Waals surface area contributed by atoms with E-state index in [1.807, 2.05) is 0 Å². The van der Waals surface area contributed by atoms with Gasteiger partial charge in [-0.3, -0.25) is 4.79 Å². The molecule has 0 saturated heterocycles. The van der Waals surface area contributed by atoms with Crippen molar-refractivity contribution in [2.45, 2.75) is 12.5 Å². The van der Waals surface area contributed by atoms with Gasteiger partial charge in [0.2, 0.25) is 0 Å². The molecule has 0 aromatic heterocycles. The van der Waals surface area contributed by atoms with Gasteiger partial charge in [0.25, 0.3) is 0 Å². The van der Waals surface area contributed by atoms with Crippen LogP contribution in [0, 0.1) is 17.5 Å². The highest BCUT2D eigenvalue weighted by molar-refractivity contribution is 9.10. The SMILES string of the molecule is NC(Cc1c(F)c(F)c(Cl)c(F)c1Br)C(=O)O. The van der Waals surface area contributed by atoms with Gasteiger partial charge >= 0.3 is 5.97 Å². The summed E-state index contributed by atoms with van der Waals surface area (Å²) >= 11 is 7.87. The second-order valence-electron chi connectivity index (χ2n) is 3.20. The number of nitrogens with two attached hydrogens (primary N) is 1. The van der Waals surface area contributed by atoms with Crippen LogP contribution in [0.5, 0.6) is 0 Å². The molecular formula is C9H6BrClF3NO2. The zero-order valence-corrected chi connectivity index (χ0v) is 10.4. The van der Waals surface area contributed by atoms with Crippen molar-refractivity contribution in [3.63, 3.8) is 0 Å². The monoisotopic (exact) mass is 331 g/mol. The predicted octanol–water partition coefficient (Wildman–Crippen LogP) is 2.47. The van der Waals surface area contributed by atoms with E-state index in [0.717, 1.165) is 0 Å². The predicted molar refractivity (Wildman–Crippen MR) is 58.3 cm³/mol. The molecule has 0 aliphatic rings. The van der Waals surface area contributed by atoms with Gasteiger partial charge in [0.15, 0.2) is 17.5 Å². The molecule has 0 amide bonds. The highest BCUT2D eigenvalue weighted by Crippen LogP contribution is 2.32. The maximum absolute atomic E-state index is 13.4. The first-order chi connectivity index (χ1) is 7.77. The van der Waals surface area contributed by atoms with Crippen molar-refractivity contribution in [3.8, 4) is 0 Å². The van der Waals surface area contributed by atoms with Crippen molar-refractivity contribution in [2.24, 2.45) is 5.73 Å². The van der Waals surface area contributed by atoms with Crippen LogP contribution in [0.25, 0.3) is 0 Å². The van der Waals surface area contributed by atoms with Crippen molar-refractivity contribution in [2.75, 3.05) is 0 Å². The molecule has 1 aromatic carbocycles. The molecular weight excluding hydrogens is 326 g/mol. The highest BCUT2D eigenvalue weighted by atomic mass is 79.9. The first-order valence-corrected chi connectivity index (χ1v) is 5.43. The van der Waals surface area contributed by atoms with Gasteiger partial charge in [-0.25, -0.2) is 13.2 Å². The molecule has 0 saturated carbocycles. The summed E-state index contributed by atoms with van der Waals surface area (Å²) in [6, 6.07) is -1.47. The van der Waals surface area contributed by atoms with Gasteiger partial charge in [0.05, 0.1) is 4.47 Å². The minimum Gasteiger partial charge on any atom is -0.480 e. The molecule has 0 aliphatic carbocycles. The molecule has 0 aliphatic heterocycles. The molecule has 17 heavy (non-hydrogen) atoms. The zero-order valence-electron chi connectivity index (χ0n) is 8.11. The number of halogens is 5. The smallest absolute Gasteiger partial charge is 0.320 e. The van der Waals surface area contributed by atoms with Crippen LogP contribution in [0.4, 0.5) is 13.2 Å². The first kappa shape index (κ1) is 14.3. The Bertz CT molecular complexity index is 455. The molecule has 0 heterocycles. The van der Waals surface area contributed by atoms with Crippen molar-refractivity contribution >= 4 is 33.5 Å². The summed E-state index contributed by atoms with van der Waals surface area (Å²) in [4.78, 5) is 10.5. The van der Waals surface area contributed by atoms with Gasteiger partial charge in [0, 0.05) is 12.0 Å². The molecule has 0 fully saturated rings.